The van der Waals surface area contributed by atoms with Crippen LogP contribution in [0.5, 0.6) is 0 Å². The van der Waals surface area contributed by atoms with Gasteiger partial charge in [-0.1, -0.05) is 15.9 Å². The molecule has 1 aromatic carbocycles. The maximum atomic E-state index is 12.9. The van der Waals surface area contributed by atoms with Crippen molar-refractivity contribution in [1.82, 2.24) is 0 Å². The van der Waals surface area contributed by atoms with Crippen LogP contribution in [0.25, 0.3) is 0 Å². The van der Waals surface area contributed by atoms with E-state index in [4.69, 9.17) is 11.6 Å². The van der Waals surface area contributed by atoms with Crippen molar-refractivity contribution in [2.45, 2.75) is 12.3 Å². The van der Waals surface area contributed by atoms with Crippen molar-refractivity contribution in [3.05, 3.63) is 34.1 Å². The Morgan fingerprint density at radius 3 is 2.64 bits per heavy atom. The molecule has 0 bridgehead atoms. The van der Waals surface area contributed by atoms with Gasteiger partial charge in [-0.2, -0.15) is 0 Å². The Bertz CT molecular complexity index is 260. The molecule has 0 aromatic heterocycles. The molecule has 1 atom stereocenters. The summed E-state index contributed by atoms with van der Waals surface area (Å²) in [5.41, 5.74) is 0.529. The van der Waals surface area contributed by atoms with E-state index in [9.17, 15) is 4.39 Å². The molecule has 0 aliphatic rings. The fraction of sp³-hybridized carbons (Fsp3) is 0.250. The summed E-state index contributed by atoms with van der Waals surface area (Å²) in [7, 11) is 0. The molecule has 0 radical (unpaired) electrons. The number of alkyl halides is 1. The third-order valence-corrected chi connectivity index (χ3v) is 2.11. The van der Waals surface area contributed by atoms with Crippen LogP contribution in [0.2, 0.25) is 0 Å². The van der Waals surface area contributed by atoms with Crippen LogP contribution in [0.4, 0.5) is 4.39 Å². The van der Waals surface area contributed by atoms with Crippen molar-refractivity contribution in [1.29, 1.82) is 0 Å². The fourth-order valence-electron chi connectivity index (χ4n) is 0.819. The van der Waals surface area contributed by atoms with E-state index in [0.717, 1.165) is 4.47 Å². The van der Waals surface area contributed by atoms with E-state index >= 15 is 0 Å². The monoisotopic (exact) mass is 236 g/mol. The lowest BCUT2D eigenvalue weighted by molar-refractivity contribution is 0.610. The van der Waals surface area contributed by atoms with Gasteiger partial charge < -0.3 is 0 Å². The van der Waals surface area contributed by atoms with Crippen LogP contribution in [0.1, 0.15) is 17.9 Å². The van der Waals surface area contributed by atoms with Crippen LogP contribution < -0.4 is 0 Å². The molecule has 0 fully saturated rings. The molecule has 1 unspecified atom stereocenters. The van der Waals surface area contributed by atoms with Crippen LogP contribution >= 0.6 is 27.5 Å². The first-order valence-corrected chi connectivity index (χ1v) is 4.43. The highest BCUT2D eigenvalue weighted by Gasteiger charge is 2.07. The molecule has 1 rings (SSSR count). The van der Waals surface area contributed by atoms with Gasteiger partial charge in [0.1, 0.15) is 5.82 Å². The van der Waals surface area contributed by atoms with Crippen LogP contribution in [0.3, 0.4) is 0 Å². The molecule has 0 nitrogen and oxygen atoms in total. The third kappa shape index (κ3) is 2.17. The van der Waals surface area contributed by atoms with Crippen LogP contribution in [0, 0.1) is 5.82 Å². The molecule has 3 heteroatoms. The molecule has 0 amide bonds. The van der Waals surface area contributed by atoms with Crippen molar-refractivity contribution in [2.24, 2.45) is 0 Å². The standard InChI is InChI=1S/C8H7BrClF/c1-5(10)7-4-6(9)2-3-8(7)11/h2-5H,1H3. The highest BCUT2D eigenvalue weighted by atomic mass is 79.9. The molecule has 0 saturated carbocycles. The Morgan fingerprint density at radius 1 is 1.55 bits per heavy atom. The maximum absolute atomic E-state index is 12.9. The second-order valence-electron chi connectivity index (χ2n) is 2.28. The third-order valence-electron chi connectivity index (χ3n) is 1.39. The van der Waals surface area contributed by atoms with Crippen molar-refractivity contribution in [3.63, 3.8) is 0 Å². The molecule has 0 saturated heterocycles. The quantitative estimate of drug-likeness (QED) is 0.650. The van der Waals surface area contributed by atoms with Gasteiger partial charge in [-0.05, 0) is 25.1 Å². The molecule has 1 aromatic rings. The smallest absolute Gasteiger partial charge is 0.127 e. The molecule has 0 heterocycles. The molecule has 0 N–H and O–H groups in total. The maximum Gasteiger partial charge on any atom is 0.127 e. The van der Waals surface area contributed by atoms with Gasteiger partial charge in [-0.25, -0.2) is 4.39 Å². The fourth-order valence-corrected chi connectivity index (χ4v) is 1.37. The van der Waals surface area contributed by atoms with E-state index in [-0.39, 0.29) is 11.2 Å². The summed E-state index contributed by atoms with van der Waals surface area (Å²) >= 11 is 8.96. The first kappa shape index (κ1) is 9.01. The molecule has 0 spiro atoms. The van der Waals surface area contributed by atoms with Crippen molar-refractivity contribution in [3.8, 4) is 0 Å². The average Bonchev–Trinajstić information content (AvgIpc) is 1.94. The molecule has 60 valence electrons. The Labute approximate surface area is 78.5 Å². The first-order chi connectivity index (χ1) is 5.11. The lowest BCUT2D eigenvalue weighted by Gasteiger charge is -2.04. The topological polar surface area (TPSA) is 0 Å². The van der Waals surface area contributed by atoms with Gasteiger partial charge in [0, 0.05) is 10.0 Å². The van der Waals surface area contributed by atoms with Crippen molar-refractivity contribution < 1.29 is 4.39 Å². The summed E-state index contributed by atoms with van der Waals surface area (Å²) in [4.78, 5) is 0. The normalized spacial score (nSPS) is 13.1. The number of hydrogen-bond acceptors (Lipinski definition) is 0. The summed E-state index contributed by atoms with van der Waals surface area (Å²) in [5.74, 6) is -0.254. The van der Waals surface area contributed by atoms with Gasteiger partial charge >= 0.3 is 0 Å². The van der Waals surface area contributed by atoms with Crippen LogP contribution in [-0.4, -0.2) is 0 Å². The summed E-state index contributed by atoms with van der Waals surface area (Å²) in [6.45, 7) is 1.74. The molecule has 0 aliphatic heterocycles. The van der Waals surface area contributed by atoms with Crippen molar-refractivity contribution >= 4 is 27.5 Å². The van der Waals surface area contributed by atoms with E-state index in [1.54, 1.807) is 19.1 Å². The summed E-state index contributed by atoms with van der Waals surface area (Å²) in [5, 5.41) is -0.285. The highest BCUT2D eigenvalue weighted by Crippen LogP contribution is 2.25. The van der Waals surface area contributed by atoms with Crippen LogP contribution in [-0.2, 0) is 0 Å². The van der Waals surface area contributed by atoms with E-state index in [2.05, 4.69) is 15.9 Å². The second-order valence-corrected chi connectivity index (χ2v) is 3.85. The Morgan fingerprint density at radius 2 is 2.18 bits per heavy atom. The number of benzene rings is 1. The SMILES string of the molecule is CC(Cl)c1cc(Br)ccc1F. The predicted molar refractivity (Wildman–Crippen MR) is 48.4 cm³/mol. The van der Waals surface area contributed by atoms with Gasteiger partial charge in [0.25, 0.3) is 0 Å². The Hall–Kier alpha value is -0.0800. The van der Waals surface area contributed by atoms with Crippen molar-refractivity contribution in [2.75, 3.05) is 0 Å². The van der Waals surface area contributed by atoms with Gasteiger partial charge in [-0.3, -0.25) is 0 Å². The van der Waals surface area contributed by atoms with E-state index in [1.165, 1.54) is 6.07 Å². The molecule has 11 heavy (non-hydrogen) atoms. The van der Waals surface area contributed by atoms with Crippen LogP contribution in [0.15, 0.2) is 22.7 Å². The van der Waals surface area contributed by atoms with Gasteiger partial charge in [0.05, 0.1) is 5.38 Å². The lowest BCUT2D eigenvalue weighted by Crippen LogP contribution is -1.89. The first-order valence-electron chi connectivity index (χ1n) is 3.20. The second kappa shape index (κ2) is 3.55. The Balaban J connectivity index is 3.13. The molecule has 0 aliphatic carbocycles. The summed E-state index contributed by atoms with van der Waals surface area (Å²) in [6, 6.07) is 4.74. The van der Waals surface area contributed by atoms with Gasteiger partial charge in [0.15, 0.2) is 0 Å². The van der Waals surface area contributed by atoms with Gasteiger partial charge in [0.2, 0.25) is 0 Å². The van der Waals surface area contributed by atoms with E-state index < -0.39 is 0 Å². The zero-order chi connectivity index (χ0) is 8.43. The predicted octanol–water partition coefficient (Wildman–Crippen LogP) is 3.89. The van der Waals surface area contributed by atoms with Gasteiger partial charge in [-0.15, -0.1) is 11.6 Å². The molecular weight excluding hydrogens is 230 g/mol. The number of hydrogen-bond donors (Lipinski definition) is 0. The zero-order valence-corrected chi connectivity index (χ0v) is 8.29. The summed E-state index contributed by atoms with van der Waals surface area (Å²) in [6.07, 6.45) is 0. The largest absolute Gasteiger partial charge is 0.207 e. The minimum absolute atomic E-state index is 0.254. The summed E-state index contributed by atoms with van der Waals surface area (Å²) < 4.78 is 13.8. The average molecular weight is 237 g/mol. The lowest BCUT2D eigenvalue weighted by atomic mass is 10.1. The molecular formula is C8H7BrClF. The van der Waals surface area contributed by atoms with E-state index in [0.29, 0.717) is 5.56 Å². The minimum atomic E-state index is -0.285. The highest BCUT2D eigenvalue weighted by molar-refractivity contribution is 9.10. The number of halogens is 3. The Kier molecular flexibility index (Phi) is 2.90. The number of rotatable bonds is 1. The minimum Gasteiger partial charge on any atom is -0.207 e. The van der Waals surface area contributed by atoms with E-state index in [1.807, 2.05) is 0 Å². The zero-order valence-electron chi connectivity index (χ0n) is 5.94.